The molecule has 0 aliphatic rings. The molecule has 0 aliphatic carbocycles. The maximum absolute atomic E-state index is 10.7. The number of aliphatic carboxylic acids is 2. The normalized spacial score (nSPS) is 10.5. The van der Waals surface area contributed by atoms with Crippen molar-refractivity contribution in [2.75, 3.05) is 0 Å². The lowest BCUT2D eigenvalue weighted by Crippen LogP contribution is -2.11. The molecule has 4 nitrogen and oxygen atoms in total. The highest BCUT2D eigenvalue weighted by Crippen LogP contribution is 2.25. The van der Waals surface area contributed by atoms with Gasteiger partial charge in [0.05, 0.1) is 12.8 Å². The molecule has 0 amide bonds. The molecule has 0 heterocycles. The van der Waals surface area contributed by atoms with Crippen molar-refractivity contribution >= 4 is 11.9 Å². The van der Waals surface area contributed by atoms with Gasteiger partial charge in [-0.1, -0.05) is 18.2 Å². The van der Waals surface area contributed by atoms with Gasteiger partial charge in [0.2, 0.25) is 0 Å². The monoisotopic (exact) mass is 236 g/mol. The lowest BCUT2D eigenvalue weighted by molar-refractivity contribution is -0.139. The zero-order valence-corrected chi connectivity index (χ0v) is 9.93. The summed E-state index contributed by atoms with van der Waals surface area (Å²) in [5, 5.41) is 17.6. The number of hydrogen-bond acceptors (Lipinski definition) is 2. The molecule has 1 aromatic carbocycles. The summed E-state index contributed by atoms with van der Waals surface area (Å²) in [6.45, 7) is 3.89. The summed E-state index contributed by atoms with van der Waals surface area (Å²) in [5.41, 5.74) is 2.93. The molecule has 0 aliphatic heterocycles. The van der Waals surface area contributed by atoms with E-state index in [4.69, 9.17) is 10.2 Å². The average Bonchev–Trinajstić information content (AvgIpc) is 2.19. The first kappa shape index (κ1) is 13.2. The fourth-order valence-electron chi connectivity index (χ4n) is 1.75. The maximum Gasteiger partial charge on any atom is 0.303 e. The van der Waals surface area contributed by atoms with Crippen LogP contribution in [0.15, 0.2) is 18.2 Å². The molecule has 1 aromatic rings. The summed E-state index contributed by atoms with van der Waals surface area (Å²) < 4.78 is 0. The number of carboxylic acids is 2. The Morgan fingerprint density at radius 2 is 1.59 bits per heavy atom. The molecular weight excluding hydrogens is 220 g/mol. The molecule has 1 rings (SSSR count). The van der Waals surface area contributed by atoms with Gasteiger partial charge in [-0.2, -0.15) is 0 Å². The number of carbonyl (C=O) groups is 2. The van der Waals surface area contributed by atoms with Crippen LogP contribution in [0.4, 0.5) is 0 Å². The lowest BCUT2D eigenvalue weighted by Gasteiger charge is -2.14. The van der Waals surface area contributed by atoms with E-state index in [2.05, 4.69) is 0 Å². The van der Waals surface area contributed by atoms with E-state index in [1.165, 1.54) is 0 Å². The number of benzene rings is 1. The van der Waals surface area contributed by atoms with E-state index < -0.39 is 17.9 Å². The van der Waals surface area contributed by atoms with Crippen molar-refractivity contribution in [2.24, 2.45) is 0 Å². The molecule has 2 N–H and O–H groups in total. The minimum Gasteiger partial charge on any atom is -0.481 e. The number of aryl methyl sites for hydroxylation is 2. The summed E-state index contributed by atoms with van der Waals surface area (Å²) in [5.74, 6) is -2.42. The predicted octanol–water partition coefficient (Wildman–Crippen LogP) is 2.34. The second kappa shape index (κ2) is 5.48. The molecule has 0 unspecified atom stereocenters. The van der Waals surface area contributed by atoms with Gasteiger partial charge in [-0.3, -0.25) is 9.59 Å². The van der Waals surface area contributed by atoms with E-state index in [1.54, 1.807) is 6.07 Å². The van der Waals surface area contributed by atoms with Crippen molar-refractivity contribution in [2.45, 2.75) is 32.6 Å². The minimum atomic E-state index is -0.977. The highest BCUT2D eigenvalue weighted by atomic mass is 16.4. The third-order valence-corrected chi connectivity index (χ3v) is 2.84. The first-order chi connectivity index (χ1) is 7.90. The molecule has 0 atom stereocenters. The standard InChI is InChI=1S/C13H16O4/c1-8-3-4-10(5-9(8)2)11(6-12(14)15)7-13(16)17/h3-5,11H,6-7H2,1-2H3,(H,14,15)(H,16,17). The Morgan fingerprint density at radius 3 is 2.00 bits per heavy atom. The van der Waals surface area contributed by atoms with Gasteiger partial charge in [0.15, 0.2) is 0 Å². The van der Waals surface area contributed by atoms with Gasteiger partial charge in [0.25, 0.3) is 0 Å². The Kier molecular flexibility index (Phi) is 4.26. The van der Waals surface area contributed by atoms with Gasteiger partial charge in [-0.25, -0.2) is 0 Å². The molecule has 0 saturated carbocycles. The SMILES string of the molecule is Cc1ccc(C(CC(=O)O)CC(=O)O)cc1C. The van der Waals surface area contributed by atoms with Gasteiger partial charge in [-0.05, 0) is 30.5 Å². The van der Waals surface area contributed by atoms with Crippen LogP contribution in [0.3, 0.4) is 0 Å². The number of hydrogen-bond donors (Lipinski definition) is 2. The summed E-state index contributed by atoms with van der Waals surface area (Å²) in [7, 11) is 0. The van der Waals surface area contributed by atoms with Gasteiger partial charge in [-0.15, -0.1) is 0 Å². The van der Waals surface area contributed by atoms with E-state index >= 15 is 0 Å². The molecular formula is C13H16O4. The molecule has 0 aromatic heterocycles. The topological polar surface area (TPSA) is 74.6 Å². The summed E-state index contributed by atoms with van der Waals surface area (Å²) >= 11 is 0. The Hall–Kier alpha value is -1.84. The molecule has 0 saturated heterocycles. The molecule has 0 radical (unpaired) electrons. The van der Waals surface area contributed by atoms with Crippen molar-refractivity contribution in [1.29, 1.82) is 0 Å². The van der Waals surface area contributed by atoms with Gasteiger partial charge in [0, 0.05) is 5.92 Å². The lowest BCUT2D eigenvalue weighted by atomic mass is 9.90. The van der Waals surface area contributed by atoms with E-state index in [1.807, 2.05) is 26.0 Å². The Balaban J connectivity index is 2.98. The number of carboxylic acid groups (broad SMARTS) is 2. The Morgan fingerprint density at radius 1 is 1.06 bits per heavy atom. The minimum absolute atomic E-state index is 0.158. The van der Waals surface area contributed by atoms with Crippen LogP contribution in [0.5, 0.6) is 0 Å². The Labute approximate surface area is 99.9 Å². The van der Waals surface area contributed by atoms with Crippen molar-refractivity contribution in [3.05, 3.63) is 34.9 Å². The van der Waals surface area contributed by atoms with E-state index in [0.29, 0.717) is 0 Å². The highest BCUT2D eigenvalue weighted by Gasteiger charge is 2.19. The van der Waals surface area contributed by atoms with E-state index in [0.717, 1.165) is 16.7 Å². The van der Waals surface area contributed by atoms with Crippen molar-refractivity contribution < 1.29 is 19.8 Å². The smallest absolute Gasteiger partial charge is 0.303 e. The van der Waals surface area contributed by atoms with Crippen LogP contribution in [0.2, 0.25) is 0 Å². The molecule has 4 heteroatoms. The molecule has 0 spiro atoms. The third kappa shape index (κ3) is 3.90. The second-order valence-corrected chi connectivity index (χ2v) is 4.24. The fraction of sp³-hybridized carbons (Fsp3) is 0.385. The summed E-state index contributed by atoms with van der Waals surface area (Å²) in [6.07, 6.45) is -0.316. The first-order valence-electron chi connectivity index (χ1n) is 5.41. The Bertz CT molecular complexity index is 421. The zero-order valence-electron chi connectivity index (χ0n) is 9.93. The molecule has 92 valence electrons. The van der Waals surface area contributed by atoms with Crippen LogP contribution < -0.4 is 0 Å². The third-order valence-electron chi connectivity index (χ3n) is 2.84. The van der Waals surface area contributed by atoms with Crippen LogP contribution in [-0.2, 0) is 9.59 Å². The van der Waals surface area contributed by atoms with Crippen LogP contribution in [-0.4, -0.2) is 22.2 Å². The summed E-state index contributed by atoms with van der Waals surface area (Å²) in [6, 6.07) is 5.56. The average molecular weight is 236 g/mol. The second-order valence-electron chi connectivity index (χ2n) is 4.24. The van der Waals surface area contributed by atoms with Gasteiger partial charge >= 0.3 is 11.9 Å². The van der Waals surface area contributed by atoms with Crippen LogP contribution in [0.1, 0.15) is 35.4 Å². The van der Waals surface area contributed by atoms with E-state index in [9.17, 15) is 9.59 Å². The van der Waals surface area contributed by atoms with Gasteiger partial charge in [0.1, 0.15) is 0 Å². The molecule has 17 heavy (non-hydrogen) atoms. The maximum atomic E-state index is 10.7. The zero-order chi connectivity index (χ0) is 13.0. The van der Waals surface area contributed by atoms with Crippen molar-refractivity contribution in [3.8, 4) is 0 Å². The van der Waals surface area contributed by atoms with Gasteiger partial charge < -0.3 is 10.2 Å². The summed E-state index contributed by atoms with van der Waals surface area (Å²) in [4.78, 5) is 21.4. The van der Waals surface area contributed by atoms with Crippen LogP contribution in [0.25, 0.3) is 0 Å². The van der Waals surface area contributed by atoms with Crippen molar-refractivity contribution in [1.82, 2.24) is 0 Å². The fourth-order valence-corrected chi connectivity index (χ4v) is 1.75. The highest BCUT2D eigenvalue weighted by molar-refractivity contribution is 5.72. The number of rotatable bonds is 5. The first-order valence-corrected chi connectivity index (χ1v) is 5.41. The van der Waals surface area contributed by atoms with Crippen molar-refractivity contribution in [3.63, 3.8) is 0 Å². The molecule has 0 fully saturated rings. The van der Waals surface area contributed by atoms with E-state index in [-0.39, 0.29) is 12.8 Å². The predicted molar refractivity (Wildman–Crippen MR) is 63.2 cm³/mol. The van der Waals surface area contributed by atoms with Crippen LogP contribution >= 0.6 is 0 Å². The quantitative estimate of drug-likeness (QED) is 0.822. The molecule has 0 bridgehead atoms. The van der Waals surface area contributed by atoms with Crippen LogP contribution in [0, 0.1) is 13.8 Å². The largest absolute Gasteiger partial charge is 0.481 e.